The first-order valence-electron chi connectivity index (χ1n) is 5.48. The zero-order chi connectivity index (χ0) is 10.7. The van der Waals surface area contributed by atoms with Gasteiger partial charge in [-0.2, -0.15) is 0 Å². The molecule has 0 heterocycles. The van der Waals surface area contributed by atoms with Crippen LogP contribution >= 0.6 is 0 Å². The number of hydrogen-bond acceptors (Lipinski definition) is 2. The molecule has 1 aliphatic carbocycles. The molecule has 0 aromatic rings. The maximum Gasteiger partial charge on any atom is 0.317 e. The van der Waals surface area contributed by atoms with E-state index in [9.17, 15) is 4.79 Å². The van der Waals surface area contributed by atoms with Crippen molar-refractivity contribution in [2.45, 2.75) is 52.1 Å². The summed E-state index contributed by atoms with van der Waals surface area (Å²) in [7, 11) is 0. The Morgan fingerprint density at radius 3 is 2.36 bits per heavy atom. The highest BCUT2D eigenvalue weighted by molar-refractivity contribution is 5.69. The fourth-order valence-electron chi connectivity index (χ4n) is 2.02. The molecule has 0 aromatic carbocycles. The van der Waals surface area contributed by atoms with Crippen molar-refractivity contribution in [2.24, 2.45) is 5.92 Å². The third-order valence-corrected chi connectivity index (χ3v) is 2.71. The van der Waals surface area contributed by atoms with Crippen LogP contribution in [0, 0.1) is 5.92 Å². The van der Waals surface area contributed by atoms with Crippen LogP contribution in [0.5, 0.6) is 0 Å². The van der Waals surface area contributed by atoms with E-state index in [1.165, 1.54) is 12.8 Å². The van der Waals surface area contributed by atoms with E-state index in [1.54, 1.807) is 0 Å². The lowest BCUT2D eigenvalue weighted by atomic mass is 10.0. The molecule has 0 spiro atoms. The Bertz CT molecular complexity index is 199. The Morgan fingerprint density at radius 2 is 2.00 bits per heavy atom. The molecular formula is C11H21NO2. The fraction of sp³-hybridized carbons (Fsp3) is 0.909. The Kier molecular flexibility index (Phi) is 3.93. The SMILES string of the molecule is CC(C)CC(C)N(CC(=O)O)C1CC1. The molecule has 0 radical (unpaired) electrons. The Balaban J connectivity index is 2.44. The monoisotopic (exact) mass is 199 g/mol. The van der Waals surface area contributed by atoms with Gasteiger partial charge in [-0.3, -0.25) is 9.69 Å². The smallest absolute Gasteiger partial charge is 0.317 e. The van der Waals surface area contributed by atoms with E-state index in [1.807, 2.05) is 0 Å². The van der Waals surface area contributed by atoms with Crippen LogP contribution in [-0.4, -0.2) is 34.6 Å². The summed E-state index contributed by atoms with van der Waals surface area (Å²) in [5.41, 5.74) is 0. The summed E-state index contributed by atoms with van der Waals surface area (Å²) in [5, 5.41) is 8.80. The average molecular weight is 199 g/mol. The minimum absolute atomic E-state index is 0.207. The van der Waals surface area contributed by atoms with E-state index in [0.717, 1.165) is 6.42 Å². The Hall–Kier alpha value is -0.570. The van der Waals surface area contributed by atoms with Gasteiger partial charge < -0.3 is 5.11 Å². The average Bonchev–Trinajstić information content (AvgIpc) is 2.80. The van der Waals surface area contributed by atoms with Gasteiger partial charge in [-0.05, 0) is 32.1 Å². The number of nitrogens with zero attached hydrogens (tertiary/aromatic N) is 1. The predicted molar refractivity (Wildman–Crippen MR) is 56.3 cm³/mol. The second-order valence-electron chi connectivity index (χ2n) is 4.78. The zero-order valence-electron chi connectivity index (χ0n) is 9.36. The molecule has 1 N–H and O–H groups in total. The molecule has 0 bridgehead atoms. The van der Waals surface area contributed by atoms with Gasteiger partial charge in [0.1, 0.15) is 0 Å². The summed E-state index contributed by atoms with van der Waals surface area (Å²) in [6.45, 7) is 6.71. The Labute approximate surface area is 86.1 Å². The molecule has 0 amide bonds. The number of carboxylic acid groups (broad SMARTS) is 1. The van der Waals surface area contributed by atoms with Crippen LogP contribution in [0.15, 0.2) is 0 Å². The summed E-state index contributed by atoms with van der Waals surface area (Å²) >= 11 is 0. The number of carbonyl (C=O) groups is 1. The molecule has 1 atom stereocenters. The first kappa shape index (κ1) is 11.5. The minimum Gasteiger partial charge on any atom is -0.480 e. The fourth-order valence-corrected chi connectivity index (χ4v) is 2.02. The topological polar surface area (TPSA) is 40.5 Å². The molecule has 3 nitrogen and oxygen atoms in total. The Morgan fingerprint density at radius 1 is 1.43 bits per heavy atom. The van der Waals surface area contributed by atoms with Gasteiger partial charge in [0.05, 0.1) is 6.54 Å². The van der Waals surface area contributed by atoms with Gasteiger partial charge in [0, 0.05) is 12.1 Å². The van der Waals surface area contributed by atoms with Gasteiger partial charge in [0.25, 0.3) is 0 Å². The van der Waals surface area contributed by atoms with Crippen molar-refractivity contribution in [1.82, 2.24) is 4.90 Å². The lowest BCUT2D eigenvalue weighted by Crippen LogP contribution is -2.39. The highest BCUT2D eigenvalue weighted by Gasteiger charge is 2.33. The van der Waals surface area contributed by atoms with E-state index in [4.69, 9.17) is 5.11 Å². The van der Waals surface area contributed by atoms with Crippen LogP contribution < -0.4 is 0 Å². The predicted octanol–water partition coefficient (Wildman–Crippen LogP) is 1.97. The van der Waals surface area contributed by atoms with Crippen LogP contribution in [0.2, 0.25) is 0 Å². The summed E-state index contributed by atoms with van der Waals surface area (Å²) in [6.07, 6.45) is 3.44. The van der Waals surface area contributed by atoms with Crippen molar-refractivity contribution in [3.05, 3.63) is 0 Å². The molecule has 0 saturated heterocycles. The molecule has 1 saturated carbocycles. The van der Waals surface area contributed by atoms with E-state index in [0.29, 0.717) is 18.0 Å². The lowest BCUT2D eigenvalue weighted by Gasteiger charge is -2.28. The van der Waals surface area contributed by atoms with Gasteiger partial charge in [-0.25, -0.2) is 0 Å². The number of aliphatic carboxylic acids is 1. The summed E-state index contributed by atoms with van der Waals surface area (Å²) in [4.78, 5) is 12.8. The number of hydrogen-bond donors (Lipinski definition) is 1. The van der Waals surface area contributed by atoms with Gasteiger partial charge >= 0.3 is 5.97 Å². The standard InChI is InChI=1S/C11H21NO2/c1-8(2)6-9(3)12(7-11(13)14)10-4-5-10/h8-10H,4-7H2,1-3H3,(H,13,14). The summed E-state index contributed by atoms with van der Waals surface area (Å²) in [5.74, 6) is -0.0625. The highest BCUT2D eigenvalue weighted by atomic mass is 16.4. The molecule has 0 aromatic heterocycles. The van der Waals surface area contributed by atoms with E-state index < -0.39 is 5.97 Å². The number of rotatable bonds is 6. The van der Waals surface area contributed by atoms with Gasteiger partial charge in [-0.15, -0.1) is 0 Å². The molecule has 3 heteroatoms. The second-order valence-corrected chi connectivity index (χ2v) is 4.78. The van der Waals surface area contributed by atoms with Crippen molar-refractivity contribution < 1.29 is 9.90 Å². The summed E-state index contributed by atoms with van der Waals surface area (Å²) in [6, 6.07) is 0.943. The minimum atomic E-state index is -0.701. The zero-order valence-corrected chi connectivity index (χ0v) is 9.36. The van der Waals surface area contributed by atoms with Crippen LogP contribution in [0.1, 0.15) is 40.0 Å². The third-order valence-electron chi connectivity index (χ3n) is 2.71. The van der Waals surface area contributed by atoms with Gasteiger partial charge in [-0.1, -0.05) is 13.8 Å². The quantitative estimate of drug-likeness (QED) is 0.711. The van der Waals surface area contributed by atoms with Crippen molar-refractivity contribution >= 4 is 5.97 Å². The summed E-state index contributed by atoms with van der Waals surface area (Å²) < 4.78 is 0. The lowest BCUT2D eigenvalue weighted by molar-refractivity contribution is -0.139. The highest BCUT2D eigenvalue weighted by Crippen LogP contribution is 2.29. The van der Waals surface area contributed by atoms with Crippen LogP contribution in [-0.2, 0) is 4.79 Å². The molecule has 1 fully saturated rings. The molecule has 82 valence electrons. The van der Waals surface area contributed by atoms with E-state index >= 15 is 0 Å². The van der Waals surface area contributed by atoms with Crippen molar-refractivity contribution in [3.63, 3.8) is 0 Å². The van der Waals surface area contributed by atoms with Crippen LogP contribution in [0.3, 0.4) is 0 Å². The normalized spacial score (nSPS) is 18.9. The number of carboxylic acids is 1. The van der Waals surface area contributed by atoms with Gasteiger partial charge in [0.15, 0.2) is 0 Å². The third kappa shape index (κ3) is 3.66. The maximum absolute atomic E-state index is 10.7. The van der Waals surface area contributed by atoms with E-state index in [2.05, 4.69) is 25.7 Å². The van der Waals surface area contributed by atoms with Crippen molar-refractivity contribution in [3.8, 4) is 0 Å². The van der Waals surface area contributed by atoms with Crippen LogP contribution in [0.4, 0.5) is 0 Å². The van der Waals surface area contributed by atoms with Gasteiger partial charge in [0.2, 0.25) is 0 Å². The van der Waals surface area contributed by atoms with E-state index in [-0.39, 0.29) is 6.54 Å². The van der Waals surface area contributed by atoms with Crippen molar-refractivity contribution in [2.75, 3.05) is 6.54 Å². The largest absolute Gasteiger partial charge is 0.480 e. The molecule has 1 aliphatic rings. The first-order valence-corrected chi connectivity index (χ1v) is 5.48. The maximum atomic E-state index is 10.7. The first-order chi connectivity index (χ1) is 6.50. The molecule has 1 unspecified atom stereocenters. The molecular weight excluding hydrogens is 178 g/mol. The molecule has 14 heavy (non-hydrogen) atoms. The van der Waals surface area contributed by atoms with Crippen molar-refractivity contribution in [1.29, 1.82) is 0 Å². The molecule has 1 rings (SSSR count). The second kappa shape index (κ2) is 4.78. The molecule has 0 aliphatic heterocycles. The van der Waals surface area contributed by atoms with Crippen LogP contribution in [0.25, 0.3) is 0 Å².